The molecule has 0 radical (unpaired) electrons. The van der Waals surface area contributed by atoms with Crippen LogP contribution in [0.15, 0.2) is 54.6 Å². The molecule has 0 unspecified atom stereocenters. The van der Waals surface area contributed by atoms with Crippen molar-refractivity contribution in [2.75, 3.05) is 32.8 Å². The summed E-state index contributed by atoms with van der Waals surface area (Å²) in [5, 5.41) is 6.16. The van der Waals surface area contributed by atoms with Crippen LogP contribution in [0.2, 0.25) is 0 Å². The SMILES string of the molecule is O=C(NCC1CNC1)c1ccccc1OCCOc1ccccc1. The van der Waals surface area contributed by atoms with E-state index in [1.54, 1.807) is 6.07 Å². The van der Waals surface area contributed by atoms with E-state index in [9.17, 15) is 4.79 Å². The van der Waals surface area contributed by atoms with Crippen LogP contribution in [-0.2, 0) is 0 Å². The molecule has 0 bridgehead atoms. The van der Waals surface area contributed by atoms with Crippen molar-refractivity contribution in [2.45, 2.75) is 0 Å². The predicted octanol–water partition coefficient (Wildman–Crippen LogP) is 2.09. The lowest BCUT2D eigenvalue weighted by Crippen LogP contribution is -2.48. The Morgan fingerprint density at radius 1 is 1.00 bits per heavy atom. The minimum absolute atomic E-state index is 0.0959. The molecule has 1 heterocycles. The zero-order chi connectivity index (χ0) is 16.6. The van der Waals surface area contributed by atoms with E-state index < -0.39 is 0 Å². The minimum atomic E-state index is -0.0959. The van der Waals surface area contributed by atoms with Crippen LogP contribution in [0.5, 0.6) is 11.5 Å². The summed E-state index contributed by atoms with van der Waals surface area (Å²) in [6, 6.07) is 16.9. The number of carbonyl (C=O) groups excluding carboxylic acids is 1. The molecule has 0 spiro atoms. The number of para-hydroxylation sites is 2. The number of nitrogens with one attached hydrogen (secondary N) is 2. The fourth-order valence-corrected chi connectivity index (χ4v) is 2.43. The smallest absolute Gasteiger partial charge is 0.255 e. The minimum Gasteiger partial charge on any atom is -0.490 e. The van der Waals surface area contributed by atoms with Crippen molar-refractivity contribution in [3.05, 3.63) is 60.2 Å². The first-order valence-electron chi connectivity index (χ1n) is 8.21. The van der Waals surface area contributed by atoms with E-state index in [0.29, 0.717) is 37.0 Å². The molecule has 1 fully saturated rings. The molecule has 0 atom stereocenters. The van der Waals surface area contributed by atoms with Crippen molar-refractivity contribution in [3.8, 4) is 11.5 Å². The standard InChI is InChI=1S/C19H22N2O3/c22-19(21-14-15-12-20-13-15)17-8-4-5-9-18(17)24-11-10-23-16-6-2-1-3-7-16/h1-9,15,20H,10-14H2,(H,21,22). The van der Waals surface area contributed by atoms with E-state index in [-0.39, 0.29) is 5.91 Å². The Morgan fingerprint density at radius 3 is 2.46 bits per heavy atom. The fraction of sp³-hybridized carbons (Fsp3) is 0.316. The van der Waals surface area contributed by atoms with Gasteiger partial charge in [-0.3, -0.25) is 4.79 Å². The number of amides is 1. The van der Waals surface area contributed by atoms with E-state index >= 15 is 0 Å². The summed E-state index contributed by atoms with van der Waals surface area (Å²) in [5.41, 5.74) is 0.560. The topological polar surface area (TPSA) is 59.6 Å². The maximum atomic E-state index is 12.3. The largest absolute Gasteiger partial charge is 0.490 e. The first kappa shape index (κ1) is 16.3. The molecule has 24 heavy (non-hydrogen) atoms. The number of rotatable bonds is 8. The second kappa shape index (κ2) is 8.36. The molecule has 2 aromatic carbocycles. The number of hydrogen-bond acceptors (Lipinski definition) is 4. The molecule has 1 aliphatic heterocycles. The van der Waals surface area contributed by atoms with Crippen LogP contribution < -0.4 is 20.1 Å². The number of benzene rings is 2. The highest BCUT2D eigenvalue weighted by Gasteiger charge is 2.19. The van der Waals surface area contributed by atoms with Crippen LogP contribution in [-0.4, -0.2) is 38.8 Å². The van der Waals surface area contributed by atoms with E-state index in [4.69, 9.17) is 9.47 Å². The van der Waals surface area contributed by atoms with Gasteiger partial charge in [-0.05, 0) is 24.3 Å². The van der Waals surface area contributed by atoms with E-state index in [0.717, 1.165) is 18.8 Å². The average molecular weight is 326 g/mol. The Morgan fingerprint density at radius 2 is 1.71 bits per heavy atom. The molecule has 3 rings (SSSR count). The van der Waals surface area contributed by atoms with Gasteiger partial charge in [0.1, 0.15) is 24.7 Å². The zero-order valence-corrected chi connectivity index (χ0v) is 13.5. The van der Waals surface area contributed by atoms with Gasteiger partial charge in [-0.2, -0.15) is 0 Å². The van der Waals surface area contributed by atoms with Crippen LogP contribution in [0.3, 0.4) is 0 Å². The molecule has 1 aliphatic rings. The Kier molecular flexibility index (Phi) is 5.69. The molecule has 5 nitrogen and oxygen atoms in total. The van der Waals surface area contributed by atoms with Gasteiger partial charge in [0.15, 0.2) is 0 Å². The molecule has 0 aromatic heterocycles. The van der Waals surface area contributed by atoms with Crippen molar-refractivity contribution in [1.82, 2.24) is 10.6 Å². The monoisotopic (exact) mass is 326 g/mol. The molecule has 5 heteroatoms. The van der Waals surface area contributed by atoms with Crippen molar-refractivity contribution >= 4 is 5.91 Å². The highest BCUT2D eigenvalue weighted by molar-refractivity contribution is 5.96. The van der Waals surface area contributed by atoms with Crippen LogP contribution in [0.4, 0.5) is 0 Å². The number of carbonyl (C=O) groups is 1. The van der Waals surface area contributed by atoms with Crippen LogP contribution in [0.25, 0.3) is 0 Å². The van der Waals surface area contributed by atoms with Crippen molar-refractivity contribution in [2.24, 2.45) is 5.92 Å². The zero-order valence-electron chi connectivity index (χ0n) is 13.5. The highest BCUT2D eigenvalue weighted by Crippen LogP contribution is 2.18. The van der Waals surface area contributed by atoms with Gasteiger partial charge in [0.05, 0.1) is 5.56 Å². The second-order valence-electron chi connectivity index (χ2n) is 5.74. The fourth-order valence-electron chi connectivity index (χ4n) is 2.43. The maximum Gasteiger partial charge on any atom is 0.255 e. The lowest BCUT2D eigenvalue weighted by Gasteiger charge is -2.27. The Hall–Kier alpha value is -2.53. The van der Waals surface area contributed by atoms with Gasteiger partial charge in [-0.15, -0.1) is 0 Å². The first-order chi connectivity index (χ1) is 11.8. The van der Waals surface area contributed by atoms with E-state index in [2.05, 4.69) is 10.6 Å². The molecular weight excluding hydrogens is 304 g/mol. The third kappa shape index (κ3) is 4.49. The van der Waals surface area contributed by atoms with Crippen LogP contribution in [0.1, 0.15) is 10.4 Å². The molecule has 0 saturated carbocycles. The van der Waals surface area contributed by atoms with Gasteiger partial charge in [0, 0.05) is 25.6 Å². The van der Waals surface area contributed by atoms with Gasteiger partial charge in [-0.1, -0.05) is 30.3 Å². The van der Waals surface area contributed by atoms with Gasteiger partial charge >= 0.3 is 0 Å². The second-order valence-corrected chi connectivity index (χ2v) is 5.74. The molecule has 1 saturated heterocycles. The van der Waals surface area contributed by atoms with Crippen LogP contribution in [0, 0.1) is 5.92 Å². The average Bonchev–Trinajstić information content (AvgIpc) is 2.58. The Balaban J connectivity index is 1.48. The summed E-state index contributed by atoms with van der Waals surface area (Å²) in [7, 11) is 0. The molecule has 0 aliphatic carbocycles. The van der Waals surface area contributed by atoms with Crippen molar-refractivity contribution in [3.63, 3.8) is 0 Å². The quantitative estimate of drug-likeness (QED) is 0.729. The Bertz CT molecular complexity index is 657. The number of ether oxygens (including phenoxy) is 2. The lowest BCUT2D eigenvalue weighted by atomic mass is 10.0. The highest BCUT2D eigenvalue weighted by atomic mass is 16.5. The summed E-state index contributed by atoms with van der Waals surface area (Å²) in [6.45, 7) is 3.43. The van der Waals surface area contributed by atoms with Crippen molar-refractivity contribution < 1.29 is 14.3 Å². The van der Waals surface area contributed by atoms with E-state index in [1.165, 1.54) is 0 Å². The lowest BCUT2D eigenvalue weighted by molar-refractivity contribution is 0.0937. The summed E-state index contributed by atoms with van der Waals surface area (Å²) in [6.07, 6.45) is 0. The van der Waals surface area contributed by atoms with E-state index in [1.807, 2.05) is 48.5 Å². The molecule has 2 aromatic rings. The van der Waals surface area contributed by atoms with Gasteiger partial charge in [0.2, 0.25) is 0 Å². The third-order valence-corrected chi connectivity index (χ3v) is 3.90. The molecule has 2 N–H and O–H groups in total. The molecular formula is C19H22N2O3. The van der Waals surface area contributed by atoms with Gasteiger partial charge < -0.3 is 20.1 Å². The number of hydrogen-bond donors (Lipinski definition) is 2. The third-order valence-electron chi connectivity index (χ3n) is 3.90. The van der Waals surface area contributed by atoms with Gasteiger partial charge in [0.25, 0.3) is 5.91 Å². The molecule has 1 amide bonds. The van der Waals surface area contributed by atoms with Crippen LogP contribution >= 0.6 is 0 Å². The molecule has 126 valence electrons. The Labute approximate surface area is 142 Å². The van der Waals surface area contributed by atoms with Crippen molar-refractivity contribution in [1.29, 1.82) is 0 Å². The predicted molar refractivity (Wildman–Crippen MR) is 92.6 cm³/mol. The first-order valence-corrected chi connectivity index (χ1v) is 8.21. The summed E-state index contributed by atoms with van der Waals surface area (Å²) < 4.78 is 11.3. The van der Waals surface area contributed by atoms with Gasteiger partial charge in [-0.25, -0.2) is 0 Å². The summed E-state index contributed by atoms with van der Waals surface area (Å²) in [5.74, 6) is 1.82. The normalized spacial score (nSPS) is 13.8. The summed E-state index contributed by atoms with van der Waals surface area (Å²) in [4.78, 5) is 12.3. The summed E-state index contributed by atoms with van der Waals surface area (Å²) >= 11 is 0. The maximum absolute atomic E-state index is 12.3.